The Labute approximate surface area is 123 Å². The van der Waals surface area contributed by atoms with Crippen molar-refractivity contribution in [3.05, 3.63) is 59.2 Å². The summed E-state index contributed by atoms with van der Waals surface area (Å²) in [5.41, 5.74) is 2.73. The lowest BCUT2D eigenvalue weighted by atomic mass is 10.1. The molecule has 0 aromatic heterocycles. The first kappa shape index (κ1) is 15.2. The fraction of sp³-hybridized carbons (Fsp3) is 0.133. The van der Waals surface area contributed by atoms with E-state index >= 15 is 0 Å². The standard InChI is InChI=1S/C15H16N2O3S/c1-10-3-6-12(7-4-10)15(18)17-14-9-13(21(16,19)20)8-5-11(14)2/h3-9H,1-2H3,(H,17,18)(H2,16,19,20). The van der Waals surface area contributed by atoms with Gasteiger partial charge in [0.05, 0.1) is 4.90 Å². The molecule has 0 heterocycles. The van der Waals surface area contributed by atoms with Crippen molar-refractivity contribution in [3.63, 3.8) is 0 Å². The number of nitrogens with one attached hydrogen (secondary N) is 1. The molecule has 5 nitrogen and oxygen atoms in total. The molecule has 0 unspecified atom stereocenters. The number of nitrogens with two attached hydrogens (primary N) is 1. The van der Waals surface area contributed by atoms with Crippen LogP contribution in [0.5, 0.6) is 0 Å². The fourth-order valence-electron chi connectivity index (χ4n) is 1.81. The van der Waals surface area contributed by atoms with Crippen molar-refractivity contribution < 1.29 is 13.2 Å². The highest BCUT2D eigenvalue weighted by Crippen LogP contribution is 2.20. The van der Waals surface area contributed by atoms with Gasteiger partial charge in [0.25, 0.3) is 5.91 Å². The molecular weight excluding hydrogens is 288 g/mol. The maximum atomic E-state index is 12.1. The Morgan fingerprint density at radius 3 is 2.24 bits per heavy atom. The molecule has 6 heteroatoms. The van der Waals surface area contributed by atoms with Crippen LogP contribution in [0.1, 0.15) is 21.5 Å². The first-order chi connectivity index (χ1) is 9.77. The molecule has 1 amide bonds. The molecule has 2 aromatic rings. The number of carbonyl (C=O) groups is 1. The summed E-state index contributed by atoms with van der Waals surface area (Å²) in [7, 11) is -3.80. The molecule has 0 fully saturated rings. The second kappa shape index (κ2) is 5.67. The van der Waals surface area contributed by atoms with E-state index in [4.69, 9.17) is 5.14 Å². The lowest BCUT2D eigenvalue weighted by molar-refractivity contribution is 0.102. The summed E-state index contributed by atoms with van der Waals surface area (Å²) >= 11 is 0. The van der Waals surface area contributed by atoms with Crippen molar-refractivity contribution in [2.75, 3.05) is 5.32 Å². The maximum absolute atomic E-state index is 12.1. The van der Waals surface area contributed by atoms with Crippen LogP contribution in [0.2, 0.25) is 0 Å². The molecule has 0 spiro atoms. The zero-order valence-electron chi connectivity index (χ0n) is 11.8. The van der Waals surface area contributed by atoms with Gasteiger partial charge in [-0.3, -0.25) is 4.79 Å². The van der Waals surface area contributed by atoms with Crippen LogP contribution in [-0.4, -0.2) is 14.3 Å². The molecule has 0 saturated carbocycles. The summed E-state index contributed by atoms with van der Waals surface area (Å²) in [6.07, 6.45) is 0. The number of rotatable bonds is 3. The average molecular weight is 304 g/mol. The van der Waals surface area contributed by atoms with Crippen molar-refractivity contribution in [1.82, 2.24) is 0 Å². The molecule has 0 radical (unpaired) electrons. The Balaban J connectivity index is 2.31. The van der Waals surface area contributed by atoms with E-state index in [0.717, 1.165) is 11.1 Å². The number of hydrogen-bond donors (Lipinski definition) is 2. The van der Waals surface area contributed by atoms with Gasteiger partial charge in [0.15, 0.2) is 0 Å². The van der Waals surface area contributed by atoms with E-state index in [1.54, 1.807) is 25.1 Å². The van der Waals surface area contributed by atoms with Crippen molar-refractivity contribution in [1.29, 1.82) is 0 Å². The smallest absolute Gasteiger partial charge is 0.255 e. The second-order valence-electron chi connectivity index (χ2n) is 4.84. The summed E-state index contributed by atoms with van der Waals surface area (Å²) in [6, 6.07) is 11.5. The number of carbonyl (C=O) groups excluding carboxylic acids is 1. The van der Waals surface area contributed by atoms with E-state index in [2.05, 4.69) is 5.32 Å². The third-order valence-corrected chi connectivity index (χ3v) is 4.01. The quantitative estimate of drug-likeness (QED) is 0.911. The summed E-state index contributed by atoms with van der Waals surface area (Å²) in [6.45, 7) is 3.71. The van der Waals surface area contributed by atoms with Crippen LogP contribution in [-0.2, 0) is 10.0 Å². The molecule has 0 bridgehead atoms. The van der Waals surface area contributed by atoms with Gasteiger partial charge in [-0.05, 0) is 43.7 Å². The Morgan fingerprint density at radius 1 is 1.05 bits per heavy atom. The lowest BCUT2D eigenvalue weighted by Gasteiger charge is -2.10. The monoisotopic (exact) mass is 304 g/mol. The van der Waals surface area contributed by atoms with Gasteiger partial charge in [-0.1, -0.05) is 23.8 Å². The SMILES string of the molecule is Cc1ccc(C(=O)Nc2cc(S(N)(=O)=O)ccc2C)cc1. The van der Waals surface area contributed by atoms with E-state index in [9.17, 15) is 13.2 Å². The van der Waals surface area contributed by atoms with Crippen LogP contribution in [0.3, 0.4) is 0 Å². The van der Waals surface area contributed by atoms with Crippen LogP contribution in [0.25, 0.3) is 0 Å². The Hall–Kier alpha value is -2.18. The van der Waals surface area contributed by atoms with Gasteiger partial charge in [-0.2, -0.15) is 0 Å². The van der Waals surface area contributed by atoms with Gasteiger partial charge >= 0.3 is 0 Å². The Kier molecular flexibility index (Phi) is 4.11. The highest BCUT2D eigenvalue weighted by Gasteiger charge is 2.12. The molecule has 110 valence electrons. The van der Waals surface area contributed by atoms with Crippen molar-refractivity contribution >= 4 is 21.6 Å². The second-order valence-corrected chi connectivity index (χ2v) is 6.40. The zero-order valence-corrected chi connectivity index (χ0v) is 12.6. The minimum absolute atomic E-state index is 0.0349. The molecule has 21 heavy (non-hydrogen) atoms. The van der Waals surface area contributed by atoms with Gasteiger partial charge in [0, 0.05) is 11.3 Å². The molecule has 2 rings (SSSR count). The van der Waals surface area contributed by atoms with Gasteiger partial charge in [-0.15, -0.1) is 0 Å². The van der Waals surface area contributed by atoms with Gasteiger partial charge < -0.3 is 5.32 Å². The topological polar surface area (TPSA) is 89.3 Å². The minimum Gasteiger partial charge on any atom is -0.322 e. The number of sulfonamides is 1. The predicted octanol–water partition coefficient (Wildman–Crippen LogP) is 2.20. The number of hydrogen-bond acceptors (Lipinski definition) is 3. The Morgan fingerprint density at radius 2 is 1.67 bits per heavy atom. The number of aryl methyl sites for hydroxylation is 2. The average Bonchev–Trinajstić information content (AvgIpc) is 2.40. The highest BCUT2D eigenvalue weighted by molar-refractivity contribution is 7.89. The van der Waals surface area contributed by atoms with E-state index in [1.165, 1.54) is 12.1 Å². The lowest BCUT2D eigenvalue weighted by Crippen LogP contribution is -2.15. The third kappa shape index (κ3) is 3.68. The van der Waals surface area contributed by atoms with Gasteiger partial charge in [0.2, 0.25) is 10.0 Å². The van der Waals surface area contributed by atoms with E-state index in [0.29, 0.717) is 11.3 Å². The van der Waals surface area contributed by atoms with Crippen molar-refractivity contribution in [2.24, 2.45) is 5.14 Å². The van der Waals surface area contributed by atoms with Gasteiger partial charge in [0.1, 0.15) is 0 Å². The van der Waals surface area contributed by atoms with Gasteiger partial charge in [-0.25, -0.2) is 13.6 Å². The highest BCUT2D eigenvalue weighted by atomic mass is 32.2. The molecule has 0 aliphatic heterocycles. The largest absolute Gasteiger partial charge is 0.322 e. The van der Waals surface area contributed by atoms with E-state index in [1.807, 2.05) is 19.1 Å². The normalized spacial score (nSPS) is 11.2. The number of primary sulfonamides is 1. The molecule has 2 aromatic carbocycles. The number of benzene rings is 2. The predicted molar refractivity (Wildman–Crippen MR) is 81.7 cm³/mol. The minimum atomic E-state index is -3.80. The van der Waals surface area contributed by atoms with E-state index in [-0.39, 0.29) is 10.8 Å². The van der Waals surface area contributed by atoms with Crippen LogP contribution < -0.4 is 10.5 Å². The van der Waals surface area contributed by atoms with Crippen LogP contribution in [0.15, 0.2) is 47.4 Å². The molecule has 0 saturated heterocycles. The van der Waals surface area contributed by atoms with Crippen molar-refractivity contribution in [3.8, 4) is 0 Å². The van der Waals surface area contributed by atoms with Crippen molar-refractivity contribution in [2.45, 2.75) is 18.7 Å². The first-order valence-corrected chi connectivity index (χ1v) is 7.83. The van der Waals surface area contributed by atoms with Crippen LogP contribution in [0, 0.1) is 13.8 Å². The summed E-state index contributed by atoms with van der Waals surface area (Å²) < 4.78 is 22.7. The molecule has 0 atom stereocenters. The summed E-state index contributed by atoms with van der Waals surface area (Å²) in [4.78, 5) is 12.1. The zero-order chi connectivity index (χ0) is 15.6. The number of amides is 1. The fourth-order valence-corrected chi connectivity index (χ4v) is 2.35. The first-order valence-electron chi connectivity index (χ1n) is 6.29. The maximum Gasteiger partial charge on any atom is 0.255 e. The van der Waals surface area contributed by atoms with Crippen LogP contribution >= 0.6 is 0 Å². The molecule has 3 N–H and O–H groups in total. The summed E-state index contributed by atoms with van der Waals surface area (Å²) in [5.74, 6) is -0.301. The molecular formula is C15H16N2O3S. The van der Waals surface area contributed by atoms with Crippen LogP contribution in [0.4, 0.5) is 5.69 Å². The number of anilines is 1. The third-order valence-electron chi connectivity index (χ3n) is 3.10. The molecule has 0 aliphatic carbocycles. The summed E-state index contributed by atoms with van der Waals surface area (Å²) in [5, 5.41) is 7.79. The molecule has 0 aliphatic rings. The van der Waals surface area contributed by atoms with E-state index < -0.39 is 10.0 Å². The Bertz CT molecular complexity index is 781.